The highest BCUT2D eigenvalue weighted by atomic mass is 35.5. The van der Waals surface area contributed by atoms with E-state index in [9.17, 15) is 14.4 Å². The van der Waals surface area contributed by atoms with Crippen LogP contribution in [0.4, 0.5) is 14.9 Å². The van der Waals surface area contributed by atoms with Crippen molar-refractivity contribution in [1.82, 2.24) is 20.0 Å². The normalized spacial score (nSPS) is 19.7. The average Bonchev–Trinajstić information content (AvgIpc) is 3.45. The van der Waals surface area contributed by atoms with Gasteiger partial charge >= 0.3 is 12.1 Å². The Morgan fingerprint density at radius 3 is 2.47 bits per heavy atom. The zero-order chi connectivity index (χ0) is 42.9. The highest BCUT2D eigenvalue weighted by Gasteiger charge is 2.50. The number of rotatable bonds is 12. The monoisotopic (exact) mass is 848 g/mol. The van der Waals surface area contributed by atoms with E-state index in [0.29, 0.717) is 41.9 Å². The Kier molecular flexibility index (Phi) is 14.2. The lowest BCUT2D eigenvalue weighted by Crippen LogP contribution is -2.52. The smallest absolute Gasteiger partial charge is 0.412 e. The maximum atomic E-state index is 15.6. The van der Waals surface area contributed by atoms with Gasteiger partial charge in [-0.2, -0.15) is 5.10 Å². The summed E-state index contributed by atoms with van der Waals surface area (Å²) in [5.74, 6) is -1.72. The molecule has 13 nitrogen and oxygen atoms in total. The summed E-state index contributed by atoms with van der Waals surface area (Å²) in [6, 6.07) is 9.04. The summed E-state index contributed by atoms with van der Waals surface area (Å²) >= 11 is 6.24. The van der Waals surface area contributed by atoms with Crippen LogP contribution in [0.3, 0.4) is 0 Å². The molecule has 57 heavy (non-hydrogen) atoms. The lowest BCUT2D eigenvalue weighted by atomic mass is 10.1. The number of cyclic esters (lactones) is 1. The number of nitrogens with one attached hydrogen (secondary N) is 2. The van der Waals surface area contributed by atoms with E-state index < -0.39 is 63.3 Å². The molecule has 2 heterocycles. The van der Waals surface area contributed by atoms with Gasteiger partial charge in [0, 0.05) is 42.4 Å². The summed E-state index contributed by atoms with van der Waals surface area (Å²) in [7, 11) is -4.90. The number of hydrogen-bond acceptors (Lipinski definition) is 10. The minimum absolute atomic E-state index is 0.0212. The number of primary amides is 1. The number of carbonyl (C=O) groups is 3. The molecule has 0 radical (unpaired) electrons. The molecule has 4 rings (SSSR count). The molecule has 0 saturated carbocycles. The molecular formula is C40H62ClFN6O7Si2. The molecule has 2 aromatic carbocycles. The number of hydrogen-bond donors (Lipinski definition) is 3. The molecule has 0 spiro atoms. The van der Waals surface area contributed by atoms with Crippen molar-refractivity contribution < 1.29 is 37.1 Å². The Morgan fingerprint density at radius 2 is 1.86 bits per heavy atom. The molecule has 1 aliphatic heterocycles. The van der Waals surface area contributed by atoms with Gasteiger partial charge in [0.25, 0.3) is 5.91 Å². The van der Waals surface area contributed by atoms with Gasteiger partial charge in [-0.25, -0.2) is 9.18 Å². The van der Waals surface area contributed by atoms with Crippen molar-refractivity contribution >= 4 is 62.8 Å². The summed E-state index contributed by atoms with van der Waals surface area (Å²) in [6.07, 6.45) is -1.54. The highest BCUT2D eigenvalue weighted by Crippen LogP contribution is 2.41. The van der Waals surface area contributed by atoms with Crippen molar-refractivity contribution in [3.63, 3.8) is 0 Å². The largest absolute Gasteiger partial charge is 0.445 e. The second kappa shape index (κ2) is 17.5. The number of anilines is 1. The zero-order valence-corrected chi connectivity index (χ0v) is 38.5. The van der Waals surface area contributed by atoms with Gasteiger partial charge in [-0.3, -0.25) is 29.8 Å². The Bertz CT molecular complexity index is 1950. The quantitative estimate of drug-likeness (QED) is 0.120. The fourth-order valence-corrected chi connectivity index (χ4v) is 8.74. The van der Waals surface area contributed by atoms with Gasteiger partial charge < -0.3 is 24.1 Å². The molecule has 0 bridgehead atoms. The number of benzene rings is 2. The van der Waals surface area contributed by atoms with E-state index in [1.807, 2.05) is 33.9 Å². The lowest BCUT2D eigenvalue weighted by Gasteiger charge is -2.39. The molecule has 0 aliphatic carbocycles. The fourth-order valence-electron chi connectivity index (χ4n) is 5.97. The minimum atomic E-state index is -2.74. The van der Waals surface area contributed by atoms with Gasteiger partial charge in [0.05, 0.1) is 34.8 Å². The molecule has 1 unspecified atom stereocenters. The van der Waals surface area contributed by atoms with E-state index in [1.165, 1.54) is 6.07 Å². The van der Waals surface area contributed by atoms with Crippen LogP contribution in [0.2, 0.25) is 41.3 Å². The number of fused-ring (bicyclic) bond motifs is 1. The van der Waals surface area contributed by atoms with Gasteiger partial charge in [-0.05, 0) is 97.0 Å². The zero-order valence-electron chi connectivity index (χ0n) is 35.8. The Morgan fingerprint density at radius 1 is 1.19 bits per heavy atom. The molecule has 2 amide bonds. The van der Waals surface area contributed by atoms with E-state index >= 15 is 4.39 Å². The number of aromatic nitrogens is 2. The van der Waals surface area contributed by atoms with Crippen molar-refractivity contribution in [2.45, 2.75) is 129 Å². The summed E-state index contributed by atoms with van der Waals surface area (Å²) in [5.41, 5.74) is 6.48. The molecule has 1 saturated heterocycles. The first kappa shape index (κ1) is 46.3. The van der Waals surface area contributed by atoms with Crippen LogP contribution >= 0.6 is 11.6 Å². The van der Waals surface area contributed by atoms with Crippen LogP contribution in [-0.4, -0.2) is 93.5 Å². The fraction of sp³-hybridized carbons (Fsp3) is 0.600. The predicted molar refractivity (Wildman–Crippen MR) is 227 cm³/mol. The molecule has 1 aliphatic rings. The van der Waals surface area contributed by atoms with E-state index in [2.05, 4.69) is 54.5 Å². The number of nitrogens with zero attached hydrogens (tertiary/aromatic N) is 3. The first-order valence-electron chi connectivity index (χ1n) is 19.4. The predicted octanol–water partition coefficient (Wildman–Crippen LogP) is 8.20. The van der Waals surface area contributed by atoms with Crippen LogP contribution in [-0.2, 0) is 29.7 Å². The third-order valence-corrected chi connectivity index (χ3v) is 20.3. The third-order valence-electron chi connectivity index (χ3n) is 11.4. The number of ether oxygens (including phenoxy) is 2. The molecule has 4 N–H and O–H groups in total. The Labute approximate surface area is 343 Å². The van der Waals surface area contributed by atoms with Gasteiger partial charge in [0.2, 0.25) is 8.32 Å². The Balaban J connectivity index is 1.72. The van der Waals surface area contributed by atoms with E-state index in [0.717, 1.165) is 0 Å². The molecule has 1 aromatic heterocycles. The van der Waals surface area contributed by atoms with Crippen LogP contribution < -0.4 is 16.4 Å². The standard InChI is InChI=1S/C40H62ClFN6O7Si2/c1-25(23-52-56(10,11)39(5,6)7)47(19-20-48-31-18-17-26(44-37(51)55-38(2,3)4)21-28(31)34(46-48)35(43)49)22-32-45-30(27-15-14-16-29(41)33(27)42)24-53-57(12,13)40(8,9)36(50)54-32/h14-18,21,25,30,32,45H,19-20,22-24H2,1-13H3,(H2,43,49)(H,44,51)/t25-,30?,32-/m1/s1. The first-order chi connectivity index (χ1) is 26.1. The SMILES string of the molecule is C[C@H](CO[Si](C)(C)C(C)(C)C)N(CCn1nc(C(N)=O)c2cc(NC(=O)OC(C)(C)C)ccc21)C[C@@H]1NC(c2cccc(Cl)c2F)CO[Si](C)(C)C(C)(C)C(=O)O1. The second-order valence-corrected chi connectivity index (χ2v) is 28.2. The number of nitrogens with two attached hydrogens (primary N) is 1. The maximum Gasteiger partial charge on any atom is 0.412 e. The van der Waals surface area contributed by atoms with E-state index in [-0.39, 0.29) is 34.9 Å². The van der Waals surface area contributed by atoms with E-state index in [1.54, 1.807) is 55.8 Å². The molecule has 3 atom stereocenters. The van der Waals surface area contributed by atoms with Crippen molar-refractivity contribution in [2.24, 2.45) is 5.73 Å². The molecular weight excluding hydrogens is 787 g/mol. The van der Waals surface area contributed by atoms with Crippen LogP contribution in [0.25, 0.3) is 10.9 Å². The first-order valence-corrected chi connectivity index (χ1v) is 25.6. The molecule has 3 aromatic rings. The highest BCUT2D eigenvalue weighted by molar-refractivity contribution is 6.77. The van der Waals surface area contributed by atoms with Gasteiger partial charge in [-0.1, -0.05) is 44.5 Å². The average molecular weight is 850 g/mol. The molecule has 1 fully saturated rings. The summed E-state index contributed by atoms with van der Waals surface area (Å²) in [6.45, 7) is 27.2. The van der Waals surface area contributed by atoms with Crippen LogP contribution in [0.1, 0.15) is 84.4 Å². The third kappa shape index (κ3) is 11.2. The number of carbonyl (C=O) groups excluding carboxylic acids is 3. The number of esters is 1. The lowest BCUT2D eigenvalue weighted by molar-refractivity contribution is -0.155. The number of halogens is 2. The molecule has 17 heteroatoms. The van der Waals surface area contributed by atoms with Crippen LogP contribution in [0, 0.1) is 5.82 Å². The second-order valence-electron chi connectivity index (χ2n) is 18.4. The summed E-state index contributed by atoms with van der Waals surface area (Å²) in [4.78, 5) is 41.3. The molecule has 316 valence electrons. The summed E-state index contributed by atoms with van der Waals surface area (Å²) in [5, 5.41) is 10.2. The van der Waals surface area contributed by atoms with Gasteiger partial charge in [0.15, 0.2) is 20.2 Å². The van der Waals surface area contributed by atoms with Gasteiger partial charge in [0.1, 0.15) is 11.4 Å². The Hall–Kier alpha value is -3.39. The minimum Gasteiger partial charge on any atom is -0.445 e. The maximum absolute atomic E-state index is 15.6. The van der Waals surface area contributed by atoms with Crippen molar-refractivity contribution in [2.75, 3.05) is 31.6 Å². The van der Waals surface area contributed by atoms with Crippen molar-refractivity contribution in [1.29, 1.82) is 0 Å². The summed E-state index contributed by atoms with van der Waals surface area (Å²) < 4.78 is 42.2. The topological polar surface area (TPSA) is 159 Å². The number of amides is 2. The van der Waals surface area contributed by atoms with Gasteiger partial charge in [-0.15, -0.1) is 0 Å². The van der Waals surface area contributed by atoms with Crippen molar-refractivity contribution in [3.8, 4) is 0 Å². The van der Waals surface area contributed by atoms with Crippen LogP contribution in [0.15, 0.2) is 36.4 Å². The van der Waals surface area contributed by atoms with E-state index in [4.69, 9.17) is 35.7 Å². The van der Waals surface area contributed by atoms with Crippen LogP contribution in [0.5, 0.6) is 0 Å². The van der Waals surface area contributed by atoms with Crippen molar-refractivity contribution in [3.05, 3.63) is 58.5 Å².